The van der Waals surface area contributed by atoms with E-state index < -0.39 is 0 Å². The monoisotopic (exact) mass is 172 g/mol. The van der Waals surface area contributed by atoms with Crippen LogP contribution in [0, 0.1) is 11.8 Å². The smallest absolute Gasteiger partial charge is 0.166 e. The minimum atomic E-state index is 0.798. The normalized spacial score (nSPS) is 27.8. The Kier molecular flexibility index (Phi) is 3.12. The molecule has 1 fully saturated rings. The van der Waals surface area contributed by atoms with Crippen LogP contribution in [0.4, 0.5) is 0 Å². The fraction of sp³-hybridized carbons (Fsp3) is 0.875. The topological polar surface area (TPSA) is 24.1 Å². The van der Waals surface area contributed by atoms with Gasteiger partial charge >= 0.3 is 0 Å². The number of thiocarbonyl (C=S) groups is 1. The Bertz CT molecular complexity index is 147. The van der Waals surface area contributed by atoms with E-state index in [4.69, 9.17) is 12.2 Å². The second kappa shape index (κ2) is 3.90. The zero-order valence-corrected chi connectivity index (χ0v) is 8.00. The van der Waals surface area contributed by atoms with Crippen LogP contribution in [0.5, 0.6) is 0 Å². The molecule has 2 N–H and O–H groups in total. The van der Waals surface area contributed by atoms with Gasteiger partial charge in [0.1, 0.15) is 0 Å². The molecule has 0 radical (unpaired) electrons. The predicted molar refractivity (Wildman–Crippen MR) is 51.5 cm³/mol. The molecule has 1 rings (SSSR count). The lowest BCUT2D eigenvalue weighted by molar-refractivity contribution is 0.704. The quantitative estimate of drug-likeness (QED) is 0.624. The van der Waals surface area contributed by atoms with Crippen molar-refractivity contribution in [1.29, 1.82) is 0 Å². The highest BCUT2D eigenvalue weighted by molar-refractivity contribution is 7.80. The highest BCUT2D eigenvalue weighted by atomic mass is 32.1. The van der Waals surface area contributed by atoms with Crippen LogP contribution in [0.2, 0.25) is 0 Å². The van der Waals surface area contributed by atoms with Gasteiger partial charge in [0.25, 0.3) is 0 Å². The number of rotatable bonds is 3. The molecule has 2 nitrogen and oxygen atoms in total. The van der Waals surface area contributed by atoms with Gasteiger partial charge in [-0.15, -0.1) is 0 Å². The Morgan fingerprint density at radius 3 is 2.64 bits per heavy atom. The highest BCUT2D eigenvalue weighted by Gasteiger charge is 2.31. The van der Waals surface area contributed by atoms with E-state index >= 15 is 0 Å². The third-order valence-electron chi connectivity index (χ3n) is 2.14. The molecule has 0 aromatic carbocycles. The maximum atomic E-state index is 5.02. The molecular formula is C8H16N2S. The minimum absolute atomic E-state index is 0.798. The van der Waals surface area contributed by atoms with Gasteiger partial charge < -0.3 is 10.6 Å². The molecule has 1 aliphatic rings. The second-order valence-corrected chi connectivity index (χ2v) is 3.62. The summed E-state index contributed by atoms with van der Waals surface area (Å²) in [6.07, 6.45) is 1.36. The minimum Gasteiger partial charge on any atom is -0.363 e. The molecule has 64 valence electrons. The van der Waals surface area contributed by atoms with Crippen molar-refractivity contribution in [2.24, 2.45) is 11.8 Å². The first-order valence-corrected chi connectivity index (χ1v) is 4.66. The molecule has 0 aliphatic heterocycles. The third-order valence-corrected chi connectivity index (χ3v) is 2.43. The molecule has 0 saturated heterocycles. The molecule has 0 heterocycles. The molecule has 3 heteroatoms. The maximum Gasteiger partial charge on any atom is 0.166 e. The van der Waals surface area contributed by atoms with Crippen LogP contribution in [0.3, 0.4) is 0 Å². The van der Waals surface area contributed by atoms with Crippen molar-refractivity contribution in [2.45, 2.75) is 20.3 Å². The summed E-state index contributed by atoms with van der Waals surface area (Å²) in [6.45, 7) is 6.29. The van der Waals surface area contributed by atoms with Crippen molar-refractivity contribution < 1.29 is 0 Å². The molecule has 1 aliphatic carbocycles. The van der Waals surface area contributed by atoms with Crippen molar-refractivity contribution in [2.75, 3.05) is 13.1 Å². The summed E-state index contributed by atoms with van der Waals surface area (Å²) in [5.41, 5.74) is 0. The van der Waals surface area contributed by atoms with Gasteiger partial charge in [-0.25, -0.2) is 0 Å². The SMILES string of the molecule is CCNC(=S)NCC1CC1C. The van der Waals surface area contributed by atoms with E-state index in [9.17, 15) is 0 Å². The van der Waals surface area contributed by atoms with E-state index in [2.05, 4.69) is 17.6 Å². The van der Waals surface area contributed by atoms with E-state index in [1.807, 2.05) is 6.92 Å². The predicted octanol–water partition coefficient (Wildman–Crippen LogP) is 1.13. The first-order chi connectivity index (χ1) is 5.24. The number of nitrogens with one attached hydrogen (secondary N) is 2. The Labute approximate surface area is 73.7 Å². The van der Waals surface area contributed by atoms with Crippen LogP contribution in [-0.4, -0.2) is 18.2 Å². The van der Waals surface area contributed by atoms with Crippen molar-refractivity contribution >= 4 is 17.3 Å². The summed E-state index contributed by atoms with van der Waals surface area (Å²) in [5, 5.41) is 7.06. The molecular weight excluding hydrogens is 156 g/mol. The van der Waals surface area contributed by atoms with Gasteiger partial charge in [0.15, 0.2) is 5.11 Å². The standard InChI is InChI=1S/C8H16N2S/c1-3-9-8(11)10-5-7-4-6(7)2/h6-7H,3-5H2,1-2H3,(H2,9,10,11). The first-order valence-electron chi connectivity index (χ1n) is 4.25. The molecule has 11 heavy (non-hydrogen) atoms. The van der Waals surface area contributed by atoms with Crippen LogP contribution in [0.25, 0.3) is 0 Å². The molecule has 0 amide bonds. The van der Waals surface area contributed by atoms with Gasteiger partial charge in [0.05, 0.1) is 0 Å². The molecule has 0 bridgehead atoms. The first kappa shape index (κ1) is 8.78. The molecule has 2 atom stereocenters. The summed E-state index contributed by atoms with van der Waals surface area (Å²) in [7, 11) is 0. The molecule has 1 saturated carbocycles. The fourth-order valence-corrected chi connectivity index (χ4v) is 1.36. The van der Waals surface area contributed by atoms with Gasteiger partial charge in [-0.1, -0.05) is 6.92 Å². The molecule has 0 aromatic rings. The Morgan fingerprint density at radius 1 is 1.55 bits per heavy atom. The third kappa shape index (κ3) is 3.06. The van der Waals surface area contributed by atoms with E-state index in [0.29, 0.717) is 0 Å². The van der Waals surface area contributed by atoms with Crippen molar-refractivity contribution in [3.05, 3.63) is 0 Å². The highest BCUT2D eigenvalue weighted by Crippen LogP contribution is 2.36. The van der Waals surface area contributed by atoms with Gasteiger partial charge in [-0.2, -0.15) is 0 Å². The van der Waals surface area contributed by atoms with E-state index in [-0.39, 0.29) is 0 Å². The fourth-order valence-electron chi connectivity index (χ4n) is 1.13. The zero-order valence-electron chi connectivity index (χ0n) is 7.18. The summed E-state index contributed by atoms with van der Waals surface area (Å²) in [5.74, 6) is 1.78. The molecule has 0 spiro atoms. The Hall–Kier alpha value is -0.310. The largest absolute Gasteiger partial charge is 0.363 e. The Balaban J connectivity index is 1.98. The Morgan fingerprint density at radius 2 is 2.18 bits per heavy atom. The average Bonchev–Trinajstić information content (AvgIpc) is 2.63. The summed E-state index contributed by atoms with van der Waals surface area (Å²) >= 11 is 5.02. The number of hydrogen-bond acceptors (Lipinski definition) is 1. The summed E-state index contributed by atoms with van der Waals surface area (Å²) in [4.78, 5) is 0. The van der Waals surface area contributed by atoms with Crippen LogP contribution in [0.1, 0.15) is 20.3 Å². The van der Waals surface area contributed by atoms with Crippen LogP contribution >= 0.6 is 12.2 Å². The van der Waals surface area contributed by atoms with E-state index in [0.717, 1.165) is 30.0 Å². The van der Waals surface area contributed by atoms with Crippen molar-refractivity contribution in [3.63, 3.8) is 0 Å². The summed E-state index contributed by atoms with van der Waals surface area (Å²) in [6, 6.07) is 0. The van der Waals surface area contributed by atoms with Crippen molar-refractivity contribution in [1.82, 2.24) is 10.6 Å². The lowest BCUT2D eigenvalue weighted by atomic mass is 10.3. The van der Waals surface area contributed by atoms with E-state index in [1.165, 1.54) is 6.42 Å². The van der Waals surface area contributed by atoms with Crippen molar-refractivity contribution in [3.8, 4) is 0 Å². The second-order valence-electron chi connectivity index (χ2n) is 3.21. The van der Waals surface area contributed by atoms with Gasteiger partial charge in [0, 0.05) is 13.1 Å². The van der Waals surface area contributed by atoms with Gasteiger partial charge in [-0.3, -0.25) is 0 Å². The maximum absolute atomic E-state index is 5.02. The lowest BCUT2D eigenvalue weighted by Gasteiger charge is -2.07. The van der Waals surface area contributed by atoms with Crippen LogP contribution in [0.15, 0.2) is 0 Å². The van der Waals surface area contributed by atoms with Crippen LogP contribution < -0.4 is 10.6 Å². The average molecular weight is 172 g/mol. The molecule has 2 unspecified atom stereocenters. The molecule has 0 aromatic heterocycles. The van der Waals surface area contributed by atoms with Crippen LogP contribution in [-0.2, 0) is 0 Å². The lowest BCUT2D eigenvalue weighted by Crippen LogP contribution is -2.36. The van der Waals surface area contributed by atoms with Gasteiger partial charge in [0.2, 0.25) is 0 Å². The van der Waals surface area contributed by atoms with Gasteiger partial charge in [-0.05, 0) is 37.4 Å². The van der Waals surface area contributed by atoms with E-state index in [1.54, 1.807) is 0 Å². The summed E-state index contributed by atoms with van der Waals surface area (Å²) < 4.78 is 0. The zero-order chi connectivity index (χ0) is 8.27. The number of hydrogen-bond donors (Lipinski definition) is 2.